The van der Waals surface area contributed by atoms with Crippen molar-refractivity contribution in [1.82, 2.24) is 0 Å². The van der Waals surface area contributed by atoms with Crippen molar-refractivity contribution in [2.45, 2.75) is 20.8 Å². The Morgan fingerprint density at radius 3 is 2.40 bits per heavy atom. The first-order valence-electron chi connectivity index (χ1n) is 7.03. The molecule has 1 aromatic heterocycles. The van der Waals surface area contributed by atoms with Gasteiger partial charge in [-0.3, -0.25) is 4.79 Å². The molecule has 0 aliphatic rings. The second kappa shape index (κ2) is 4.78. The van der Waals surface area contributed by atoms with Crippen molar-refractivity contribution in [3.8, 4) is 0 Å². The van der Waals surface area contributed by atoms with Gasteiger partial charge >= 0.3 is 0 Å². The zero-order valence-corrected chi connectivity index (χ0v) is 12.0. The molecule has 1 atom stereocenters. The standard InChI is InChI=1S/C18H18O2/c1-11(2)12(3)18(19)13-8-9-17-15(10-13)14-6-4-5-7-16(14)20-17/h4-12H,1-3H3. The predicted molar refractivity (Wildman–Crippen MR) is 82.1 cm³/mol. The number of hydrogen-bond donors (Lipinski definition) is 0. The Morgan fingerprint density at radius 2 is 1.65 bits per heavy atom. The van der Waals surface area contributed by atoms with Gasteiger partial charge in [-0.25, -0.2) is 0 Å². The third kappa shape index (κ3) is 2.01. The lowest BCUT2D eigenvalue weighted by Crippen LogP contribution is -2.16. The second-order valence-electron chi connectivity index (χ2n) is 5.71. The number of carbonyl (C=O) groups is 1. The van der Waals surface area contributed by atoms with Gasteiger partial charge < -0.3 is 4.42 Å². The van der Waals surface area contributed by atoms with Crippen molar-refractivity contribution < 1.29 is 9.21 Å². The van der Waals surface area contributed by atoms with E-state index in [2.05, 4.69) is 13.8 Å². The molecule has 0 radical (unpaired) electrons. The summed E-state index contributed by atoms with van der Waals surface area (Å²) in [7, 11) is 0. The van der Waals surface area contributed by atoms with Crippen LogP contribution in [0, 0.1) is 11.8 Å². The first-order valence-corrected chi connectivity index (χ1v) is 7.03. The average molecular weight is 266 g/mol. The van der Waals surface area contributed by atoms with Gasteiger partial charge in [0.25, 0.3) is 0 Å². The molecule has 0 saturated heterocycles. The highest BCUT2D eigenvalue weighted by Crippen LogP contribution is 2.30. The van der Waals surface area contributed by atoms with E-state index in [9.17, 15) is 4.79 Å². The van der Waals surface area contributed by atoms with Crippen LogP contribution in [0.3, 0.4) is 0 Å². The smallest absolute Gasteiger partial charge is 0.165 e. The zero-order chi connectivity index (χ0) is 14.3. The molecule has 3 rings (SSSR count). The molecule has 2 heteroatoms. The molecule has 0 aliphatic carbocycles. The Hall–Kier alpha value is -2.09. The maximum Gasteiger partial charge on any atom is 0.165 e. The molecular weight excluding hydrogens is 248 g/mol. The summed E-state index contributed by atoms with van der Waals surface area (Å²) in [6.45, 7) is 6.15. The molecule has 1 heterocycles. The molecule has 0 spiro atoms. The Bertz CT molecular complexity index is 780. The van der Waals surface area contributed by atoms with Gasteiger partial charge in [0.05, 0.1) is 0 Å². The summed E-state index contributed by atoms with van der Waals surface area (Å²) in [5.74, 6) is 0.581. The van der Waals surface area contributed by atoms with E-state index in [0.29, 0.717) is 5.92 Å². The molecule has 20 heavy (non-hydrogen) atoms. The maximum atomic E-state index is 12.5. The number of fused-ring (bicyclic) bond motifs is 3. The van der Waals surface area contributed by atoms with Crippen LogP contribution >= 0.6 is 0 Å². The monoisotopic (exact) mass is 266 g/mol. The normalized spacial score (nSPS) is 13.2. The highest BCUT2D eigenvalue weighted by molar-refractivity contribution is 6.08. The molecule has 3 aromatic rings. The van der Waals surface area contributed by atoms with E-state index in [-0.39, 0.29) is 11.7 Å². The van der Waals surface area contributed by atoms with E-state index in [1.165, 1.54) is 0 Å². The Kier molecular flexibility index (Phi) is 3.09. The minimum Gasteiger partial charge on any atom is -0.456 e. The molecular formula is C18H18O2. The summed E-state index contributed by atoms with van der Waals surface area (Å²) in [5, 5.41) is 2.08. The average Bonchev–Trinajstić information content (AvgIpc) is 2.83. The fourth-order valence-corrected chi connectivity index (χ4v) is 2.44. The lowest BCUT2D eigenvalue weighted by Gasteiger charge is -2.13. The van der Waals surface area contributed by atoms with Crippen molar-refractivity contribution in [1.29, 1.82) is 0 Å². The molecule has 0 fully saturated rings. The Balaban J connectivity index is 2.14. The van der Waals surface area contributed by atoms with Crippen LogP contribution in [0.25, 0.3) is 21.9 Å². The van der Waals surface area contributed by atoms with Crippen molar-refractivity contribution >= 4 is 27.7 Å². The van der Waals surface area contributed by atoms with E-state index in [0.717, 1.165) is 27.5 Å². The predicted octanol–water partition coefficient (Wildman–Crippen LogP) is 5.06. The third-order valence-corrected chi connectivity index (χ3v) is 4.07. The summed E-state index contributed by atoms with van der Waals surface area (Å²) in [5.41, 5.74) is 2.47. The minimum absolute atomic E-state index is 0.0330. The number of furan rings is 1. The number of para-hydroxylation sites is 1. The number of Topliss-reactive ketones (excluding diaryl/α,β-unsaturated/α-hetero) is 1. The number of ketones is 1. The van der Waals surface area contributed by atoms with Crippen LogP contribution < -0.4 is 0 Å². The second-order valence-corrected chi connectivity index (χ2v) is 5.71. The molecule has 0 saturated carbocycles. The van der Waals surface area contributed by atoms with Crippen LogP contribution in [-0.4, -0.2) is 5.78 Å². The van der Waals surface area contributed by atoms with Crippen molar-refractivity contribution in [2.75, 3.05) is 0 Å². The Morgan fingerprint density at radius 1 is 0.950 bits per heavy atom. The molecule has 2 nitrogen and oxygen atoms in total. The van der Waals surface area contributed by atoms with Gasteiger partial charge in [-0.05, 0) is 30.2 Å². The van der Waals surface area contributed by atoms with Crippen LogP contribution in [0.1, 0.15) is 31.1 Å². The molecule has 102 valence electrons. The fourth-order valence-electron chi connectivity index (χ4n) is 2.44. The summed E-state index contributed by atoms with van der Waals surface area (Å²) in [6.07, 6.45) is 0. The van der Waals surface area contributed by atoms with Gasteiger partial charge in [-0.2, -0.15) is 0 Å². The molecule has 0 bridgehead atoms. The van der Waals surface area contributed by atoms with Gasteiger partial charge in [-0.15, -0.1) is 0 Å². The summed E-state index contributed by atoms with van der Waals surface area (Å²) in [4.78, 5) is 12.5. The molecule has 0 N–H and O–H groups in total. The first-order chi connectivity index (χ1) is 9.58. The molecule has 2 aromatic carbocycles. The number of benzene rings is 2. The van der Waals surface area contributed by atoms with Crippen molar-refractivity contribution in [2.24, 2.45) is 11.8 Å². The van der Waals surface area contributed by atoms with Crippen LogP contribution in [0.5, 0.6) is 0 Å². The molecule has 0 aliphatic heterocycles. The number of hydrogen-bond acceptors (Lipinski definition) is 2. The summed E-state index contributed by atoms with van der Waals surface area (Å²) < 4.78 is 5.78. The van der Waals surface area contributed by atoms with Crippen LogP contribution in [0.2, 0.25) is 0 Å². The topological polar surface area (TPSA) is 30.2 Å². The van der Waals surface area contributed by atoms with Gasteiger partial charge in [0.1, 0.15) is 11.2 Å². The number of carbonyl (C=O) groups excluding carboxylic acids is 1. The highest BCUT2D eigenvalue weighted by atomic mass is 16.3. The van der Waals surface area contributed by atoms with E-state index < -0.39 is 0 Å². The lowest BCUT2D eigenvalue weighted by atomic mass is 9.89. The third-order valence-electron chi connectivity index (χ3n) is 4.07. The molecule has 1 unspecified atom stereocenters. The fraction of sp³-hybridized carbons (Fsp3) is 0.278. The lowest BCUT2D eigenvalue weighted by molar-refractivity contribution is 0.0900. The van der Waals surface area contributed by atoms with Crippen LogP contribution in [-0.2, 0) is 0 Å². The van der Waals surface area contributed by atoms with E-state index in [1.54, 1.807) is 0 Å². The highest BCUT2D eigenvalue weighted by Gasteiger charge is 2.19. The van der Waals surface area contributed by atoms with Crippen molar-refractivity contribution in [3.63, 3.8) is 0 Å². The largest absolute Gasteiger partial charge is 0.456 e. The van der Waals surface area contributed by atoms with E-state index in [4.69, 9.17) is 4.42 Å². The zero-order valence-electron chi connectivity index (χ0n) is 12.0. The van der Waals surface area contributed by atoms with E-state index in [1.807, 2.05) is 49.4 Å². The van der Waals surface area contributed by atoms with Crippen LogP contribution in [0.4, 0.5) is 0 Å². The van der Waals surface area contributed by atoms with Gasteiger partial charge in [0.2, 0.25) is 0 Å². The van der Waals surface area contributed by atoms with Gasteiger partial charge in [0, 0.05) is 22.3 Å². The van der Waals surface area contributed by atoms with Crippen LogP contribution in [0.15, 0.2) is 46.9 Å². The van der Waals surface area contributed by atoms with Gasteiger partial charge in [0.15, 0.2) is 5.78 Å². The van der Waals surface area contributed by atoms with Crippen molar-refractivity contribution in [3.05, 3.63) is 48.0 Å². The molecule has 0 amide bonds. The summed E-state index contributed by atoms with van der Waals surface area (Å²) in [6, 6.07) is 13.7. The quantitative estimate of drug-likeness (QED) is 0.620. The Labute approximate surface area is 118 Å². The SMILES string of the molecule is CC(C)C(C)C(=O)c1ccc2oc3ccccc3c2c1. The minimum atomic E-state index is 0.0330. The summed E-state index contributed by atoms with van der Waals surface area (Å²) >= 11 is 0. The van der Waals surface area contributed by atoms with Gasteiger partial charge in [-0.1, -0.05) is 39.0 Å². The maximum absolute atomic E-state index is 12.5. The number of rotatable bonds is 3. The first kappa shape index (κ1) is 12.9. The van der Waals surface area contributed by atoms with E-state index >= 15 is 0 Å².